The van der Waals surface area contributed by atoms with Gasteiger partial charge in [0.25, 0.3) is 0 Å². The Morgan fingerprint density at radius 1 is 0.758 bits per heavy atom. The van der Waals surface area contributed by atoms with Gasteiger partial charge in [0.05, 0.1) is 13.2 Å². The second-order valence-electron chi connectivity index (χ2n) is 9.31. The lowest BCUT2D eigenvalue weighted by molar-refractivity contribution is -0.139. The third kappa shape index (κ3) is 8.05. The molecule has 33 heavy (non-hydrogen) atoms. The van der Waals surface area contributed by atoms with Crippen molar-refractivity contribution in [2.45, 2.75) is 46.0 Å². The van der Waals surface area contributed by atoms with Crippen molar-refractivity contribution < 1.29 is 19.1 Å². The highest BCUT2D eigenvalue weighted by Crippen LogP contribution is 2.32. The first-order chi connectivity index (χ1) is 15.6. The Balaban J connectivity index is 1.98. The molecule has 0 saturated carbocycles. The lowest BCUT2D eigenvalue weighted by Gasteiger charge is -2.27. The van der Waals surface area contributed by atoms with Crippen LogP contribution in [0.5, 0.6) is 0 Å². The number of benzene rings is 2. The monoisotopic (exact) mass is 448 g/mol. The Kier molecular flexibility index (Phi) is 9.65. The minimum absolute atomic E-state index is 0.132. The van der Waals surface area contributed by atoms with Crippen molar-refractivity contribution >= 4 is 11.9 Å². The summed E-state index contributed by atoms with van der Waals surface area (Å²) in [6.45, 7) is 16.2. The van der Waals surface area contributed by atoms with Gasteiger partial charge in [-0.05, 0) is 46.9 Å². The molecule has 0 fully saturated rings. The minimum Gasteiger partial charge on any atom is -0.462 e. The van der Waals surface area contributed by atoms with Crippen LogP contribution in [0.1, 0.15) is 49.9 Å². The largest absolute Gasteiger partial charge is 0.462 e. The normalized spacial score (nSPS) is 13.0. The summed E-state index contributed by atoms with van der Waals surface area (Å²) in [6.07, 6.45) is 4.08. The van der Waals surface area contributed by atoms with Crippen LogP contribution in [0, 0.1) is 11.8 Å². The molecule has 0 amide bonds. The van der Waals surface area contributed by atoms with E-state index in [0.717, 1.165) is 12.8 Å². The van der Waals surface area contributed by atoms with E-state index in [0.29, 0.717) is 13.2 Å². The van der Waals surface area contributed by atoms with Gasteiger partial charge < -0.3 is 9.47 Å². The van der Waals surface area contributed by atoms with E-state index in [-0.39, 0.29) is 29.2 Å². The van der Waals surface area contributed by atoms with Crippen molar-refractivity contribution in [3.05, 3.63) is 96.1 Å². The number of ether oxygens (including phenoxy) is 2. The zero-order chi connectivity index (χ0) is 24.4. The van der Waals surface area contributed by atoms with E-state index in [4.69, 9.17) is 9.47 Å². The first-order valence-corrected chi connectivity index (χ1v) is 11.4. The van der Waals surface area contributed by atoms with E-state index in [1.54, 1.807) is 0 Å². The molecule has 0 N–H and O–H groups in total. The average molecular weight is 449 g/mol. The van der Waals surface area contributed by atoms with Crippen LogP contribution >= 0.6 is 0 Å². The van der Waals surface area contributed by atoms with Gasteiger partial charge in [-0.2, -0.15) is 0 Å². The Labute approximate surface area is 198 Å². The summed E-state index contributed by atoms with van der Waals surface area (Å²) in [6, 6.07) is 17.4. The van der Waals surface area contributed by atoms with Crippen molar-refractivity contribution in [3.8, 4) is 0 Å². The fourth-order valence-electron chi connectivity index (χ4n) is 3.77. The van der Waals surface area contributed by atoms with Crippen LogP contribution in [0.4, 0.5) is 0 Å². The van der Waals surface area contributed by atoms with Crippen LogP contribution in [0.3, 0.4) is 0 Å². The number of rotatable bonds is 12. The summed E-state index contributed by atoms with van der Waals surface area (Å²) in [7, 11) is 0. The summed E-state index contributed by atoms with van der Waals surface area (Å²) in [4.78, 5) is 22.5. The zero-order valence-corrected chi connectivity index (χ0v) is 20.3. The van der Waals surface area contributed by atoms with Crippen molar-refractivity contribution in [3.63, 3.8) is 0 Å². The molecule has 0 radical (unpaired) electrons. The van der Waals surface area contributed by atoms with Crippen molar-refractivity contribution in [1.29, 1.82) is 0 Å². The highest BCUT2D eigenvalue weighted by Gasteiger charge is 2.23. The van der Waals surface area contributed by atoms with Crippen molar-refractivity contribution in [1.82, 2.24) is 0 Å². The fourth-order valence-corrected chi connectivity index (χ4v) is 3.77. The average Bonchev–Trinajstić information content (AvgIpc) is 2.81. The number of esters is 2. The number of carbonyl (C=O) groups excluding carboxylic acids is 2. The first kappa shape index (κ1) is 26.1. The van der Waals surface area contributed by atoms with E-state index in [9.17, 15) is 9.59 Å². The molecule has 4 heteroatoms. The molecule has 2 rings (SSSR count). The van der Waals surface area contributed by atoms with Crippen molar-refractivity contribution in [2.24, 2.45) is 11.8 Å². The zero-order valence-electron chi connectivity index (χ0n) is 20.3. The number of hydrogen-bond donors (Lipinski definition) is 0. The third-order valence-electron chi connectivity index (χ3n) is 5.87. The van der Waals surface area contributed by atoms with Gasteiger partial charge in [-0.15, -0.1) is 0 Å². The van der Waals surface area contributed by atoms with Gasteiger partial charge in [0.15, 0.2) is 0 Å². The van der Waals surface area contributed by atoms with Crippen LogP contribution in [0.25, 0.3) is 0 Å². The first-order valence-electron chi connectivity index (χ1n) is 11.4. The molecule has 0 aliphatic heterocycles. The SMILES string of the molecule is C=CC(=O)OCC(C)Cc1ccc(C(C)(C)c2ccc(CC(C)COC(=O)C=C)cc2)cc1. The van der Waals surface area contributed by atoms with Crippen LogP contribution in [0.2, 0.25) is 0 Å². The number of carbonyl (C=O) groups is 2. The molecule has 0 bridgehead atoms. The van der Waals surface area contributed by atoms with Crippen LogP contribution in [0.15, 0.2) is 73.8 Å². The summed E-state index contributed by atoms with van der Waals surface area (Å²) in [5.74, 6) is -0.280. The predicted octanol–water partition coefficient (Wildman–Crippen LogP) is 5.83. The van der Waals surface area contributed by atoms with Crippen molar-refractivity contribution in [2.75, 3.05) is 13.2 Å². The highest BCUT2D eigenvalue weighted by molar-refractivity contribution is 5.81. The Bertz CT molecular complexity index is 861. The van der Waals surface area contributed by atoms with Gasteiger partial charge >= 0.3 is 11.9 Å². The fraction of sp³-hybridized carbons (Fsp3) is 0.379. The third-order valence-corrected chi connectivity index (χ3v) is 5.87. The molecule has 0 aromatic heterocycles. The molecule has 2 atom stereocenters. The summed E-state index contributed by atoms with van der Waals surface area (Å²) in [5.41, 5.74) is 4.80. The molecular formula is C29H36O4. The quantitative estimate of drug-likeness (QED) is 0.303. The van der Waals surface area contributed by atoms with Gasteiger partial charge in [0.1, 0.15) is 0 Å². The second-order valence-corrected chi connectivity index (χ2v) is 9.31. The Morgan fingerprint density at radius 3 is 1.39 bits per heavy atom. The molecule has 176 valence electrons. The molecule has 2 aromatic carbocycles. The van der Waals surface area contributed by atoms with E-state index in [1.165, 1.54) is 34.4 Å². The van der Waals surface area contributed by atoms with E-state index in [2.05, 4.69) is 89.4 Å². The lowest BCUT2D eigenvalue weighted by Crippen LogP contribution is -2.19. The molecule has 0 aliphatic carbocycles. The molecular weight excluding hydrogens is 412 g/mol. The smallest absolute Gasteiger partial charge is 0.330 e. The summed E-state index contributed by atoms with van der Waals surface area (Å²) in [5, 5.41) is 0. The maximum absolute atomic E-state index is 11.2. The van der Waals surface area contributed by atoms with Gasteiger partial charge in [-0.25, -0.2) is 9.59 Å². The summed E-state index contributed by atoms with van der Waals surface area (Å²) >= 11 is 0. The molecule has 0 spiro atoms. The van der Waals surface area contributed by atoms with Crippen LogP contribution in [-0.2, 0) is 37.3 Å². The standard InChI is InChI=1S/C29H36O4/c1-7-27(30)32-19-21(3)17-23-9-13-25(14-10-23)29(5,6)26-15-11-24(12-16-26)18-22(4)20-33-28(31)8-2/h7-16,21-22H,1-2,17-20H2,3-6H3. The Morgan fingerprint density at radius 2 is 1.09 bits per heavy atom. The molecule has 2 unspecified atom stereocenters. The molecule has 2 aromatic rings. The second kappa shape index (κ2) is 12.2. The maximum Gasteiger partial charge on any atom is 0.330 e. The molecule has 4 nitrogen and oxygen atoms in total. The lowest BCUT2D eigenvalue weighted by atomic mass is 9.77. The van der Waals surface area contributed by atoms with Gasteiger partial charge in [-0.1, -0.05) is 89.4 Å². The predicted molar refractivity (Wildman–Crippen MR) is 133 cm³/mol. The van der Waals surface area contributed by atoms with Crippen LogP contribution < -0.4 is 0 Å². The molecule has 0 heterocycles. The minimum atomic E-state index is -0.379. The van der Waals surface area contributed by atoms with E-state index >= 15 is 0 Å². The topological polar surface area (TPSA) is 52.6 Å². The maximum atomic E-state index is 11.2. The molecule has 0 aliphatic rings. The van der Waals surface area contributed by atoms with E-state index < -0.39 is 0 Å². The van der Waals surface area contributed by atoms with Gasteiger partial charge in [0.2, 0.25) is 0 Å². The highest BCUT2D eigenvalue weighted by atomic mass is 16.5. The number of hydrogen-bond acceptors (Lipinski definition) is 4. The van der Waals surface area contributed by atoms with E-state index in [1.807, 2.05) is 0 Å². The van der Waals surface area contributed by atoms with Gasteiger partial charge in [-0.3, -0.25) is 0 Å². The Hall–Kier alpha value is -3.14. The van der Waals surface area contributed by atoms with Gasteiger partial charge in [0, 0.05) is 17.6 Å². The molecule has 0 saturated heterocycles. The summed E-state index contributed by atoms with van der Waals surface area (Å²) < 4.78 is 10.3. The van der Waals surface area contributed by atoms with Crippen LogP contribution in [-0.4, -0.2) is 25.2 Å².